The normalized spacial score (nSPS) is 18.9. The molecule has 0 radical (unpaired) electrons. The SMILES string of the molecule is O=C(CCCC[C@@H]1SC[C@@H]2NC(=O)N[C@@H]21)NCCCCCC(=O)Oc1cccc2c(NCc3ccccc3)nc(N3CCOc4ccccc43)nc12. The van der Waals surface area contributed by atoms with E-state index in [0.717, 1.165) is 60.2 Å². The first-order valence-corrected chi connectivity index (χ1v) is 19.3. The standard InChI is InChI=1S/C39H45N7O5S/c47-33(19-9-8-18-32-36-28(25-52-32)42-39(49)44-36)40-21-10-2-5-20-34(48)51-31-17-11-14-27-35(31)43-38(45-37(27)41-24-26-12-3-1-4-13-26)46-22-23-50-30-16-7-6-15-29(30)46/h1,3-4,6-7,11-17,28,32,36H,2,5,8-10,18-25H2,(H,40,47)(H,41,43,45)(H2,42,44,49)/t28-,32-,36-/m0/s1. The number of nitrogens with zero attached hydrogens (tertiary/aromatic N) is 3. The minimum absolute atomic E-state index is 0.0581. The summed E-state index contributed by atoms with van der Waals surface area (Å²) in [4.78, 5) is 48.9. The van der Waals surface area contributed by atoms with Crippen LogP contribution in [-0.4, -0.2) is 70.7 Å². The number of aromatic nitrogens is 2. The molecule has 0 aliphatic carbocycles. The maximum absolute atomic E-state index is 13.1. The highest BCUT2D eigenvalue weighted by atomic mass is 32.2. The Bertz CT molecular complexity index is 1880. The smallest absolute Gasteiger partial charge is 0.315 e. The number of rotatable bonds is 16. The largest absolute Gasteiger partial charge is 0.490 e. The van der Waals surface area contributed by atoms with Crippen molar-refractivity contribution in [1.29, 1.82) is 0 Å². The van der Waals surface area contributed by atoms with Crippen LogP contribution in [0.1, 0.15) is 56.9 Å². The predicted molar refractivity (Wildman–Crippen MR) is 203 cm³/mol. The first-order valence-electron chi connectivity index (χ1n) is 18.3. The number of carbonyl (C=O) groups is 3. The third-order valence-corrected chi connectivity index (χ3v) is 11.1. The molecule has 3 atom stereocenters. The van der Waals surface area contributed by atoms with Crippen LogP contribution in [0, 0.1) is 0 Å². The highest BCUT2D eigenvalue weighted by Gasteiger charge is 2.42. The monoisotopic (exact) mass is 723 g/mol. The van der Waals surface area contributed by atoms with Crippen molar-refractivity contribution in [3.8, 4) is 11.5 Å². The van der Waals surface area contributed by atoms with Crippen molar-refractivity contribution >= 4 is 58.0 Å². The number of para-hydroxylation sites is 3. The first kappa shape index (κ1) is 35.4. The average molecular weight is 724 g/mol. The van der Waals surface area contributed by atoms with Gasteiger partial charge in [0.1, 0.15) is 23.7 Å². The molecule has 52 heavy (non-hydrogen) atoms. The summed E-state index contributed by atoms with van der Waals surface area (Å²) in [6, 6.07) is 23.9. The Kier molecular flexibility index (Phi) is 11.6. The fraction of sp³-hybridized carbons (Fsp3) is 0.410. The number of thioether (sulfide) groups is 1. The highest BCUT2D eigenvalue weighted by molar-refractivity contribution is 8.00. The number of benzene rings is 3. The van der Waals surface area contributed by atoms with Crippen LogP contribution in [0.2, 0.25) is 0 Å². The lowest BCUT2D eigenvalue weighted by Crippen LogP contribution is -2.36. The molecular weight excluding hydrogens is 679 g/mol. The number of nitrogens with one attached hydrogen (secondary N) is 4. The van der Waals surface area contributed by atoms with Gasteiger partial charge in [0.15, 0.2) is 5.75 Å². The maximum atomic E-state index is 13.1. The lowest BCUT2D eigenvalue weighted by molar-refractivity contribution is -0.134. The second-order valence-corrected chi connectivity index (χ2v) is 14.6. The van der Waals surface area contributed by atoms with Crippen LogP contribution in [0.5, 0.6) is 11.5 Å². The van der Waals surface area contributed by atoms with Gasteiger partial charge in [0, 0.05) is 42.3 Å². The summed E-state index contributed by atoms with van der Waals surface area (Å²) < 4.78 is 11.8. The number of unbranched alkanes of at least 4 members (excludes halogenated alkanes) is 3. The summed E-state index contributed by atoms with van der Waals surface area (Å²) in [5, 5.41) is 13.7. The van der Waals surface area contributed by atoms with Gasteiger partial charge in [-0.3, -0.25) is 9.59 Å². The molecule has 7 rings (SSSR count). The number of esters is 1. The molecule has 0 bridgehead atoms. The predicted octanol–water partition coefficient (Wildman–Crippen LogP) is 6.08. The summed E-state index contributed by atoms with van der Waals surface area (Å²) in [6.07, 6.45) is 5.79. The summed E-state index contributed by atoms with van der Waals surface area (Å²) in [5.41, 5.74) is 2.54. The fourth-order valence-corrected chi connectivity index (χ4v) is 8.49. The number of urea groups is 1. The van der Waals surface area contributed by atoms with E-state index in [1.807, 2.05) is 71.3 Å². The maximum Gasteiger partial charge on any atom is 0.315 e. The molecule has 0 unspecified atom stereocenters. The zero-order valence-corrected chi connectivity index (χ0v) is 30.0. The molecule has 272 valence electrons. The second kappa shape index (κ2) is 17.0. The number of hydrogen-bond donors (Lipinski definition) is 4. The van der Waals surface area contributed by atoms with Gasteiger partial charge in [0.05, 0.1) is 24.3 Å². The number of ether oxygens (including phenoxy) is 2. The molecule has 4 aromatic rings. The topological polar surface area (TPSA) is 147 Å². The molecule has 3 amide bonds. The van der Waals surface area contributed by atoms with Gasteiger partial charge in [0.25, 0.3) is 0 Å². The zero-order valence-electron chi connectivity index (χ0n) is 29.1. The van der Waals surface area contributed by atoms with Crippen LogP contribution < -0.4 is 35.6 Å². The number of carbonyl (C=O) groups excluding carboxylic acids is 3. The highest BCUT2D eigenvalue weighted by Crippen LogP contribution is 2.38. The van der Waals surface area contributed by atoms with Gasteiger partial charge < -0.3 is 35.6 Å². The van der Waals surface area contributed by atoms with E-state index in [9.17, 15) is 14.4 Å². The van der Waals surface area contributed by atoms with Gasteiger partial charge in [-0.25, -0.2) is 9.78 Å². The van der Waals surface area contributed by atoms with Crippen LogP contribution in [0.4, 0.5) is 22.2 Å². The quantitative estimate of drug-likeness (QED) is 0.0464. The molecule has 0 saturated carbocycles. The van der Waals surface area contributed by atoms with E-state index in [1.54, 1.807) is 6.07 Å². The zero-order chi connectivity index (χ0) is 35.7. The Hall–Kier alpha value is -5.04. The van der Waals surface area contributed by atoms with E-state index in [4.69, 9.17) is 19.4 Å². The van der Waals surface area contributed by atoms with Crippen molar-refractivity contribution in [2.24, 2.45) is 0 Å². The van der Waals surface area contributed by atoms with E-state index in [-0.39, 0.29) is 36.4 Å². The molecule has 0 spiro atoms. The third-order valence-electron chi connectivity index (χ3n) is 9.63. The number of fused-ring (bicyclic) bond motifs is 3. The van der Waals surface area contributed by atoms with Gasteiger partial charge in [-0.2, -0.15) is 16.7 Å². The van der Waals surface area contributed by atoms with Crippen molar-refractivity contribution in [3.05, 3.63) is 78.4 Å². The Morgan fingerprint density at radius 1 is 0.923 bits per heavy atom. The molecule has 3 aliphatic heterocycles. The van der Waals surface area contributed by atoms with Crippen LogP contribution in [0.3, 0.4) is 0 Å². The molecular formula is C39H45N7O5S. The Labute approximate surface area is 307 Å². The van der Waals surface area contributed by atoms with Crippen molar-refractivity contribution in [1.82, 2.24) is 25.9 Å². The van der Waals surface area contributed by atoms with E-state index in [2.05, 4.69) is 33.4 Å². The van der Waals surface area contributed by atoms with Gasteiger partial charge in [-0.05, 0) is 55.5 Å². The molecule has 2 saturated heterocycles. The minimum atomic E-state index is -0.327. The third kappa shape index (κ3) is 8.70. The fourth-order valence-electron chi connectivity index (χ4n) is 6.95. The number of hydrogen-bond acceptors (Lipinski definition) is 10. The number of amides is 3. The summed E-state index contributed by atoms with van der Waals surface area (Å²) in [6.45, 7) is 2.22. The minimum Gasteiger partial charge on any atom is -0.490 e. The summed E-state index contributed by atoms with van der Waals surface area (Å²) in [7, 11) is 0. The molecule has 2 fully saturated rings. The Morgan fingerprint density at radius 2 is 1.77 bits per heavy atom. The Morgan fingerprint density at radius 3 is 2.67 bits per heavy atom. The van der Waals surface area contributed by atoms with Gasteiger partial charge in [-0.15, -0.1) is 0 Å². The first-order chi connectivity index (χ1) is 25.5. The van der Waals surface area contributed by atoms with Crippen LogP contribution >= 0.6 is 11.8 Å². The second-order valence-electron chi connectivity index (χ2n) is 13.3. The van der Waals surface area contributed by atoms with Crippen LogP contribution in [-0.2, 0) is 16.1 Å². The average Bonchev–Trinajstić information content (AvgIpc) is 3.73. The van der Waals surface area contributed by atoms with Crippen molar-refractivity contribution in [2.45, 2.75) is 75.2 Å². The molecule has 3 aliphatic rings. The summed E-state index contributed by atoms with van der Waals surface area (Å²) >= 11 is 1.90. The van der Waals surface area contributed by atoms with E-state index in [0.29, 0.717) is 67.4 Å². The van der Waals surface area contributed by atoms with Crippen LogP contribution in [0.25, 0.3) is 10.9 Å². The van der Waals surface area contributed by atoms with Gasteiger partial charge in [-0.1, -0.05) is 61.4 Å². The van der Waals surface area contributed by atoms with Gasteiger partial charge >= 0.3 is 12.0 Å². The molecule has 3 aromatic carbocycles. The summed E-state index contributed by atoms with van der Waals surface area (Å²) in [5.74, 6) is 2.98. The van der Waals surface area contributed by atoms with Crippen molar-refractivity contribution < 1.29 is 23.9 Å². The molecule has 4 heterocycles. The molecule has 4 N–H and O–H groups in total. The van der Waals surface area contributed by atoms with Gasteiger partial charge in [0.2, 0.25) is 11.9 Å². The lowest BCUT2D eigenvalue weighted by Gasteiger charge is -2.30. The van der Waals surface area contributed by atoms with E-state index in [1.165, 1.54) is 0 Å². The lowest BCUT2D eigenvalue weighted by atomic mass is 10.0. The van der Waals surface area contributed by atoms with Crippen molar-refractivity contribution in [2.75, 3.05) is 35.7 Å². The van der Waals surface area contributed by atoms with E-state index < -0.39 is 0 Å². The molecule has 13 heteroatoms. The molecule has 1 aromatic heterocycles. The number of anilines is 3. The Balaban J connectivity index is 0.900. The van der Waals surface area contributed by atoms with E-state index >= 15 is 0 Å². The van der Waals surface area contributed by atoms with Crippen molar-refractivity contribution in [3.63, 3.8) is 0 Å². The molecule has 12 nitrogen and oxygen atoms in total. The van der Waals surface area contributed by atoms with Crippen LogP contribution in [0.15, 0.2) is 72.8 Å².